The van der Waals surface area contributed by atoms with Crippen molar-refractivity contribution < 1.29 is 28.4 Å². The summed E-state index contributed by atoms with van der Waals surface area (Å²) in [5.74, 6) is 0. The summed E-state index contributed by atoms with van der Waals surface area (Å²) in [5, 5.41) is 9.53. The lowest BCUT2D eigenvalue weighted by Crippen LogP contribution is -2.40. The molecule has 0 amide bonds. The number of H-pyrrole nitrogens is 1. The number of hydrogen-bond donors (Lipinski definition) is 3. The van der Waals surface area contributed by atoms with Gasteiger partial charge in [-0.15, -0.1) is 0 Å². The zero-order valence-electron chi connectivity index (χ0n) is 13.7. The molecule has 25 heavy (non-hydrogen) atoms. The van der Waals surface area contributed by atoms with Crippen LogP contribution >= 0.6 is 19.5 Å². The van der Waals surface area contributed by atoms with Gasteiger partial charge in [0.2, 0.25) is 7.23 Å². The topological polar surface area (TPSA) is 129 Å². The number of aromatic amines is 1. The van der Waals surface area contributed by atoms with Crippen molar-refractivity contribution in [1.29, 1.82) is 0 Å². The van der Waals surface area contributed by atoms with E-state index in [2.05, 4.69) is 17.2 Å². The van der Waals surface area contributed by atoms with Gasteiger partial charge in [-0.3, -0.25) is 18.9 Å². The summed E-state index contributed by atoms with van der Waals surface area (Å²) in [6.45, 7) is 1.53. The average Bonchev–Trinajstić information content (AvgIpc) is 2.88. The highest BCUT2D eigenvalue weighted by atomic mass is 32.7. The fourth-order valence-electron chi connectivity index (χ4n) is 2.56. The van der Waals surface area contributed by atoms with Crippen LogP contribution in [-0.4, -0.2) is 59.9 Å². The van der Waals surface area contributed by atoms with Gasteiger partial charge in [0, 0.05) is 18.9 Å². The van der Waals surface area contributed by atoms with Gasteiger partial charge in [-0.2, -0.15) is 0 Å². The van der Waals surface area contributed by atoms with Crippen molar-refractivity contribution >= 4 is 19.5 Å². The van der Waals surface area contributed by atoms with E-state index >= 15 is 0 Å². The van der Waals surface area contributed by atoms with E-state index < -0.39 is 49.6 Å². The van der Waals surface area contributed by atoms with E-state index in [1.165, 1.54) is 20.2 Å². The van der Waals surface area contributed by atoms with Gasteiger partial charge < -0.3 is 23.8 Å². The number of rotatable bonds is 8. The Balaban J connectivity index is 2.39. The normalized spacial score (nSPS) is 27.5. The first kappa shape index (κ1) is 20.4. The van der Waals surface area contributed by atoms with Gasteiger partial charge in [-0.25, -0.2) is 4.79 Å². The molecule has 1 saturated heterocycles. The van der Waals surface area contributed by atoms with Gasteiger partial charge in [0.05, 0.1) is 19.8 Å². The van der Waals surface area contributed by atoms with E-state index in [1.807, 2.05) is 0 Å². The first-order valence-corrected chi connectivity index (χ1v) is 10.1. The molecule has 1 fully saturated rings. The molecular weight excluding hydrogens is 375 g/mol. The molecule has 10 nitrogen and oxygen atoms in total. The van der Waals surface area contributed by atoms with E-state index in [0.717, 1.165) is 4.57 Å². The predicted molar refractivity (Wildman–Crippen MR) is 91.5 cm³/mol. The zero-order valence-corrected chi connectivity index (χ0v) is 15.6. The maximum Gasteiger partial charge on any atom is 0.330 e. The van der Waals surface area contributed by atoms with E-state index in [4.69, 9.17) is 18.7 Å². The smallest absolute Gasteiger partial charge is 0.330 e. The number of methoxy groups -OCH3 is 1. The van der Waals surface area contributed by atoms with Gasteiger partial charge in [-0.1, -0.05) is 12.2 Å². The SMILES string of the molecule is COCCOC1C(O[PH](=O)S)[C@@H](CO)O[C@H]1n1cc(C)c(=O)[nH]c1=O. The van der Waals surface area contributed by atoms with Crippen LogP contribution in [-0.2, 0) is 23.3 Å². The summed E-state index contributed by atoms with van der Waals surface area (Å²) in [4.78, 5) is 25.9. The minimum Gasteiger partial charge on any atom is -0.394 e. The quantitative estimate of drug-likeness (QED) is 0.304. The highest BCUT2D eigenvalue weighted by Gasteiger charge is 2.48. The largest absolute Gasteiger partial charge is 0.394 e. The fourth-order valence-corrected chi connectivity index (χ4v) is 3.44. The Morgan fingerprint density at radius 3 is 2.72 bits per heavy atom. The van der Waals surface area contributed by atoms with Crippen LogP contribution in [0.25, 0.3) is 0 Å². The van der Waals surface area contributed by atoms with Gasteiger partial charge in [0.1, 0.15) is 18.3 Å². The van der Waals surface area contributed by atoms with E-state index in [9.17, 15) is 19.3 Å². The molecule has 1 aliphatic heterocycles. The van der Waals surface area contributed by atoms with E-state index in [-0.39, 0.29) is 13.2 Å². The second kappa shape index (κ2) is 9.13. The molecule has 2 heterocycles. The monoisotopic (exact) mass is 396 g/mol. The second-order valence-corrected chi connectivity index (χ2v) is 7.27. The molecule has 1 aromatic heterocycles. The molecule has 2 N–H and O–H groups in total. The molecule has 0 spiro atoms. The Morgan fingerprint density at radius 1 is 1.40 bits per heavy atom. The van der Waals surface area contributed by atoms with Crippen LogP contribution in [0.15, 0.2) is 15.8 Å². The van der Waals surface area contributed by atoms with Crippen LogP contribution in [0, 0.1) is 6.92 Å². The fraction of sp³-hybridized carbons (Fsp3) is 0.692. The van der Waals surface area contributed by atoms with Crippen LogP contribution in [0.3, 0.4) is 0 Å². The summed E-state index contributed by atoms with van der Waals surface area (Å²) < 4.78 is 34.2. The highest BCUT2D eigenvalue weighted by Crippen LogP contribution is 2.40. The molecule has 0 aliphatic carbocycles. The van der Waals surface area contributed by atoms with Crippen LogP contribution < -0.4 is 11.2 Å². The van der Waals surface area contributed by atoms with Gasteiger partial charge in [0.25, 0.3) is 5.56 Å². The molecule has 1 aliphatic rings. The van der Waals surface area contributed by atoms with E-state index in [1.54, 1.807) is 0 Å². The van der Waals surface area contributed by atoms with Gasteiger partial charge in [-0.05, 0) is 6.92 Å². The summed E-state index contributed by atoms with van der Waals surface area (Å²) in [5.41, 5.74) is -0.911. The predicted octanol–water partition coefficient (Wildman–Crippen LogP) is -0.529. The van der Waals surface area contributed by atoms with Crippen molar-refractivity contribution in [3.63, 3.8) is 0 Å². The number of hydrogen-bond acceptors (Lipinski definition) is 8. The number of aryl methyl sites for hydroxylation is 1. The number of nitrogens with zero attached hydrogens (tertiary/aromatic N) is 1. The van der Waals surface area contributed by atoms with Crippen molar-refractivity contribution in [2.75, 3.05) is 26.9 Å². The average molecular weight is 396 g/mol. The summed E-state index contributed by atoms with van der Waals surface area (Å²) in [6, 6.07) is 0. The second-order valence-electron chi connectivity index (χ2n) is 5.40. The molecule has 2 rings (SSSR count). The molecule has 5 atom stereocenters. The van der Waals surface area contributed by atoms with Gasteiger partial charge in [0.15, 0.2) is 6.23 Å². The van der Waals surface area contributed by atoms with Gasteiger partial charge >= 0.3 is 5.69 Å². The first-order valence-electron chi connectivity index (χ1n) is 7.47. The van der Waals surface area contributed by atoms with Crippen molar-refractivity contribution in [3.8, 4) is 0 Å². The maximum absolute atomic E-state index is 12.2. The number of thiol groups is 1. The minimum atomic E-state index is -2.65. The molecule has 0 aromatic carbocycles. The molecule has 3 unspecified atom stereocenters. The Morgan fingerprint density at radius 2 is 2.12 bits per heavy atom. The van der Waals surface area contributed by atoms with Crippen molar-refractivity contribution in [2.24, 2.45) is 0 Å². The summed E-state index contributed by atoms with van der Waals surface area (Å²) >= 11 is 3.76. The Hall–Kier alpha value is -0.940. The number of aliphatic hydroxyl groups excluding tert-OH is 1. The molecule has 0 bridgehead atoms. The molecule has 142 valence electrons. The third-order valence-corrected chi connectivity index (χ3v) is 4.51. The molecular formula is C13H21N2O8PS. The highest BCUT2D eigenvalue weighted by molar-refractivity contribution is 8.39. The van der Waals surface area contributed by atoms with Crippen LogP contribution in [0.5, 0.6) is 0 Å². The maximum atomic E-state index is 12.2. The lowest BCUT2D eigenvalue weighted by Gasteiger charge is -2.24. The van der Waals surface area contributed by atoms with Crippen LogP contribution in [0.2, 0.25) is 0 Å². The van der Waals surface area contributed by atoms with Crippen LogP contribution in [0.4, 0.5) is 0 Å². The molecule has 0 radical (unpaired) electrons. The summed E-state index contributed by atoms with van der Waals surface area (Å²) in [6.07, 6.45) is -2.31. The molecule has 0 saturated carbocycles. The molecule has 12 heteroatoms. The minimum absolute atomic E-state index is 0.156. The first-order chi connectivity index (χ1) is 11.9. The third kappa shape index (κ3) is 4.82. The number of ether oxygens (including phenoxy) is 3. The zero-order chi connectivity index (χ0) is 18.6. The number of aromatic nitrogens is 2. The Labute approximate surface area is 149 Å². The van der Waals surface area contributed by atoms with Crippen LogP contribution in [0.1, 0.15) is 11.8 Å². The molecule has 1 aromatic rings. The van der Waals surface area contributed by atoms with Crippen molar-refractivity contribution in [1.82, 2.24) is 9.55 Å². The number of nitrogens with one attached hydrogen (secondary N) is 1. The third-order valence-electron chi connectivity index (χ3n) is 3.72. The number of aliphatic hydroxyl groups is 1. The van der Waals surface area contributed by atoms with Crippen molar-refractivity contribution in [2.45, 2.75) is 31.5 Å². The summed E-state index contributed by atoms with van der Waals surface area (Å²) in [7, 11) is -1.16. The lowest BCUT2D eigenvalue weighted by molar-refractivity contribution is -0.0808. The standard InChI is InChI=1S/C13H21N2O8PS/c1-7-5-15(13(18)14-11(7)17)12-10(21-4-3-20-2)9(23-24(19)25)8(6-16)22-12/h5,8-10,12,16,24H,3-4,6H2,1-2H3,(H,19,25)(H,14,17,18)/t8-,9?,10?,12-/m1/s1. The lowest BCUT2D eigenvalue weighted by atomic mass is 10.1. The Bertz CT molecular complexity index is 723. The van der Waals surface area contributed by atoms with E-state index in [0.29, 0.717) is 5.56 Å². The van der Waals surface area contributed by atoms with Crippen molar-refractivity contribution in [3.05, 3.63) is 32.6 Å². The Kier molecular flexibility index (Phi) is 7.44.